The smallest absolute Gasteiger partial charge is 0.317 e. The van der Waals surface area contributed by atoms with E-state index < -0.39 is 0 Å². The van der Waals surface area contributed by atoms with Gasteiger partial charge in [-0.15, -0.1) is 0 Å². The van der Waals surface area contributed by atoms with Crippen LogP contribution < -0.4 is 5.32 Å². The minimum atomic E-state index is 0.0150. The molecule has 3 nitrogen and oxygen atoms in total. The molecule has 0 saturated heterocycles. The maximum absolute atomic E-state index is 11.1. The molecule has 0 atom stereocenters. The predicted octanol–water partition coefficient (Wildman–Crippen LogP) is 1.30. The van der Waals surface area contributed by atoms with E-state index in [1.807, 2.05) is 6.92 Å². The molecular formula is C8H18N2O. The Morgan fingerprint density at radius 3 is 2.36 bits per heavy atom. The van der Waals surface area contributed by atoms with Crippen LogP contribution in [0.4, 0.5) is 4.79 Å². The molecule has 0 aromatic rings. The van der Waals surface area contributed by atoms with Crippen molar-refractivity contribution in [3.63, 3.8) is 0 Å². The topological polar surface area (TPSA) is 32.3 Å². The monoisotopic (exact) mass is 158 g/mol. The standard InChI is InChI=1S/C8H18N2O/c1-5-10(6-7(2)3)8(11)9-4/h7H,5-6H2,1-4H3,(H,9,11). The Labute approximate surface area is 68.8 Å². The van der Waals surface area contributed by atoms with Gasteiger partial charge in [-0.1, -0.05) is 13.8 Å². The van der Waals surface area contributed by atoms with Crippen molar-refractivity contribution in [1.29, 1.82) is 0 Å². The number of hydrogen-bond acceptors (Lipinski definition) is 1. The molecule has 0 aliphatic heterocycles. The number of rotatable bonds is 3. The Morgan fingerprint density at radius 1 is 1.55 bits per heavy atom. The summed E-state index contributed by atoms with van der Waals surface area (Å²) in [6, 6.07) is 0.0150. The summed E-state index contributed by atoms with van der Waals surface area (Å²) in [7, 11) is 1.66. The molecule has 0 saturated carbocycles. The average molecular weight is 158 g/mol. The van der Waals surface area contributed by atoms with Crippen LogP contribution in [-0.2, 0) is 0 Å². The number of urea groups is 1. The van der Waals surface area contributed by atoms with Gasteiger partial charge in [-0.2, -0.15) is 0 Å². The second-order valence-electron chi connectivity index (χ2n) is 2.99. The highest BCUT2D eigenvalue weighted by Gasteiger charge is 2.09. The quantitative estimate of drug-likeness (QED) is 0.659. The van der Waals surface area contributed by atoms with Crippen LogP contribution in [0, 0.1) is 5.92 Å². The SMILES string of the molecule is CCN(CC(C)C)C(=O)NC. The van der Waals surface area contributed by atoms with Gasteiger partial charge in [0.05, 0.1) is 0 Å². The summed E-state index contributed by atoms with van der Waals surface area (Å²) in [6.07, 6.45) is 0. The number of carbonyl (C=O) groups excluding carboxylic acids is 1. The third kappa shape index (κ3) is 3.86. The van der Waals surface area contributed by atoms with Gasteiger partial charge in [0, 0.05) is 20.1 Å². The lowest BCUT2D eigenvalue weighted by Gasteiger charge is -2.21. The van der Waals surface area contributed by atoms with Crippen molar-refractivity contribution in [3.05, 3.63) is 0 Å². The molecule has 3 heteroatoms. The van der Waals surface area contributed by atoms with E-state index in [1.165, 1.54) is 0 Å². The van der Waals surface area contributed by atoms with Crippen LogP contribution in [0.25, 0.3) is 0 Å². The zero-order valence-electron chi connectivity index (χ0n) is 7.85. The van der Waals surface area contributed by atoms with Gasteiger partial charge >= 0.3 is 6.03 Å². The van der Waals surface area contributed by atoms with E-state index in [0.717, 1.165) is 13.1 Å². The van der Waals surface area contributed by atoms with Crippen molar-refractivity contribution in [2.75, 3.05) is 20.1 Å². The fraction of sp³-hybridized carbons (Fsp3) is 0.875. The summed E-state index contributed by atoms with van der Waals surface area (Å²) >= 11 is 0. The van der Waals surface area contributed by atoms with Crippen LogP contribution in [-0.4, -0.2) is 31.1 Å². The van der Waals surface area contributed by atoms with Crippen LogP contribution in [0.1, 0.15) is 20.8 Å². The van der Waals surface area contributed by atoms with E-state index in [9.17, 15) is 4.79 Å². The second kappa shape index (κ2) is 4.99. The Kier molecular flexibility index (Phi) is 4.66. The molecule has 66 valence electrons. The molecule has 0 bridgehead atoms. The summed E-state index contributed by atoms with van der Waals surface area (Å²) in [5.74, 6) is 0.534. The minimum absolute atomic E-state index is 0.0150. The fourth-order valence-electron chi connectivity index (χ4n) is 0.955. The van der Waals surface area contributed by atoms with E-state index in [4.69, 9.17) is 0 Å². The molecule has 0 spiro atoms. The average Bonchev–Trinajstić information content (AvgIpc) is 1.98. The fourth-order valence-corrected chi connectivity index (χ4v) is 0.955. The number of carbonyl (C=O) groups is 1. The Hall–Kier alpha value is -0.730. The molecule has 2 amide bonds. The first kappa shape index (κ1) is 10.3. The molecule has 0 radical (unpaired) electrons. The summed E-state index contributed by atoms with van der Waals surface area (Å²) in [5.41, 5.74) is 0. The Balaban J connectivity index is 3.84. The maximum atomic E-state index is 11.1. The molecule has 0 heterocycles. The summed E-state index contributed by atoms with van der Waals surface area (Å²) in [4.78, 5) is 12.9. The highest BCUT2D eigenvalue weighted by atomic mass is 16.2. The van der Waals surface area contributed by atoms with Gasteiger partial charge in [-0.25, -0.2) is 4.79 Å². The van der Waals surface area contributed by atoms with Gasteiger partial charge in [-0.3, -0.25) is 0 Å². The summed E-state index contributed by atoms with van der Waals surface area (Å²) < 4.78 is 0. The predicted molar refractivity (Wildman–Crippen MR) is 46.5 cm³/mol. The van der Waals surface area contributed by atoms with E-state index in [2.05, 4.69) is 19.2 Å². The first-order chi connectivity index (χ1) is 5.11. The molecule has 1 N–H and O–H groups in total. The third-order valence-corrected chi connectivity index (χ3v) is 1.47. The van der Waals surface area contributed by atoms with Gasteiger partial charge in [0.2, 0.25) is 0 Å². The molecule has 0 aromatic carbocycles. The molecule has 0 aromatic heterocycles. The molecule has 0 unspecified atom stereocenters. The molecule has 11 heavy (non-hydrogen) atoms. The summed E-state index contributed by atoms with van der Waals surface area (Å²) in [6.45, 7) is 7.79. The zero-order valence-corrected chi connectivity index (χ0v) is 7.85. The zero-order chi connectivity index (χ0) is 8.85. The number of hydrogen-bond donors (Lipinski definition) is 1. The lowest BCUT2D eigenvalue weighted by molar-refractivity contribution is 0.196. The Bertz CT molecular complexity index is 123. The van der Waals surface area contributed by atoms with Crippen molar-refractivity contribution < 1.29 is 4.79 Å². The number of nitrogens with zero attached hydrogens (tertiary/aromatic N) is 1. The molecule has 0 aliphatic rings. The first-order valence-electron chi connectivity index (χ1n) is 4.08. The van der Waals surface area contributed by atoms with Gasteiger partial charge < -0.3 is 10.2 Å². The summed E-state index contributed by atoms with van der Waals surface area (Å²) in [5, 5.41) is 2.61. The van der Waals surface area contributed by atoms with Crippen molar-refractivity contribution in [2.45, 2.75) is 20.8 Å². The van der Waals surface area contributed by atoms with E-state index in [0.29, 0.717) is 5.92 Å². The van der Waals surface area contributed by atoms with Gasteiger partial charge in [0.25, 0.3) is 0 Å². The molecular weight excluding hydrogens is 140 g/mol. The first-order valence-corrected chi connectivity index (χ1v) is 4.08. The lowest BCUT2D eigenvalue weighted by atomic mass is 10.2. The van der Waals surface area contributed by atoms with Gasteiger partial charge in [0.15, 0.2) is 0 Å². The van der Waals surface area contributed by atoms with Crippen LogP contribution >= 0.6 is 0 Å². The van der Waals surface area contributed by atoms with Crippen LogP contribution in [0.3, 0.4) is 0 Å². The normalized spacial score (nSPS) is 9.91. The van der Waals surface area contributed by atoms with Crippen molar-refractivity contribution >= 4 is 6.03 Å². The van der Waals surface area contributed by atoms with Crippen LogP contribution in [0.15, 0.2) is 0 Å². The molecule has 0 rings (SSSR count). The highest BCUT2D eigenvalue weighted by molar-refractivity contribution is 5.73. The lowest BCUT2D eigenvalue weighted by Crippen LogP contribution is -2.39. The van der Waals surface area contributed by atoms with Gasteiger partial charge in [0.1, 0.15) is 0 Å². The highest BCUT2D eigenvalue weighted by Crippen LogP contribution is 1.97. The van der Waals surface area contributed by atoms with Crippen molar-refractivity contribution in [3.8, 4) is 0 Å². The number of amides is 2. The molecule has 0 fully saturated rings. The van der Waals surface area contributed by atoms with Crippen LogP contribution in [0.2, 0.25) is 0 Å². The van der Waals surface area contributed by atoms with E-state index in [-0.39, 0.29) is 6.03 Å². The third-order valence-electron chi connectivity index (χ3n) is 1.47. The Morgan fingerprint density at radius 2 is 2.09 bits per heavy atom. The maximum Gasteiger partial charge on any atom is 0.317 e. The van der Waals surface area contributed by atoms with E-state index >= 15 is 0 Å². The largest absolute Gasteiger partial charge is 0.341 e. The van der Waals surface area contributed by atoms with Crippen LogP contribution in [0.5, 0.6) is 0 Å². The minimum Gasteiger partial charge on any atom is -0.341 e. The molecule has 0 aliphatic carbocycles. The number of nitrogens with one attached hydrogen (secondary N) is 1. The second-order valence-corrected chi connectivity index (χ2v) is 2.99. The van der Waals surface area contributed by atoms with Gasteiger partial charge in [-0.05, 0) is 12.8 Å². The van der Waals surface area contributed by atoms with E-state index in [1.54, 1.807) is 11.9 Å². The van der Waals surface area contributed by atoms with Crippen molar-refractivity contribution in [2.24, 2.45) is 5.92 Å². The van der Waals surface area contributed by atoms with Crippen molar-refractivity contribution in [1.82, 2.24) is 10.2 Å².